The molecule has 1 aromatic carbocycles. The first-order valence-corrected chi connectivity index (χ1v) is 5.42. The Kier molecular flexibility index (Phi) is 3.08. The number of ether oxygens (including phenoxy) is 2. The van der Waals surface area contributed by atoms with E-state index >= 15 is 0 Å². The van der Waals surface area contributed by atoms with Crippen LogP contribution in [0.25, 0.3) is 0 Å². The first kappa shape index (κ1) is 10.7. The average Bonchev–Trinajstić information content (AvgIpc) is 2.57. The van der Waals surface area contributed by atoms with Crippen molar-refractivity contribution in [3.8, 4) is 0 Å². The predicted octanol–water partition coefficient (Wildman–Crippen LogP) is 2.57. The molecule has 0 aliphatic carbocycles. The van der Waals surface area contributed by atoms with Crippen LogP contribution >= 0.6 is 0 Å². The van der Waals surface area contributed by atoms with E-state index in [0.717, 1.165) is 12.8 Å². The number of aryl methyl sites for hydroxylation is 1. The molecule has 15 heavy (non-hydrogen) atoms. The summed E-state index contributed by atoms with van der Waals surface area (Å²) in [6.45, 7) is 4.64. The van der Waals surface area contributed by atoms with Gasteiger partial charge in [0.15, 0.2) is 5.79 Å². The van der Waals surface area contributed by atoms with Crippen LogP contribution in [0.3, 0.4) is 0 Å². The Morgan fingerprint density at radius 2 is 2.13 bits per heavy atom. The van der Waals surface area contributed by atoms with E-state index in [1.54, 1.807) is 0 Å². The van der Waals surface area contributed by atoms with Crippen LogP contribution in [-0.4, -0.2) is 18.5 Å². The van der Waals surface area contributed by atoms with Gasteiger partial charge in [0.25, 0.3) is 0 Å². The number of hydrogen-bond donors (Lipinski definition) is 0. The predicted molar refractivity (Wildman–Crippen MR) is 58.5 cm³/mol. The van der Waals surface area contributed by atoms with Crippen LogP contribution in [-0.2, 0) is 15.9 Å². The molecule has 0 saturated carbocycles. The molecule has 2 rings (SSSR count). The third-order valence-corrected chi connectivity index (χ3v) is 2.61. The van der Waals surface area contributed by atoms with Gasteiger partial charge in [-0.15, -0.1) is 0 Å². The molecule has 2 heteroatoms. The third kappa shape index (κ3) is 3.05. The smallest absolute Gasteiger partial charge is 0.163 e. The lowest BCUT2D eigenvalue weighted by Crippen LogP contribution is -2.21. The van der Waals surface area contributed by atoms with E-state index in [1.807, 2.05) is 26.0 Å². The molecular formula is C13H17O2. The van der Waals surface area contributed by atoms with Gasteiger partial charge in [-0.25, -0.2) is 0 Å². The highest BCUT2D eigenvalue weighted by Gasteiger charge is 2.31. The zero-order valence-electron chi connectivity index (χ0n) is 9.32. The van der Waals surface area contributed by atoms with Crippen LogP contribution < -0.4 is 0 Å². The summed E-state index contributed by atoms with van der Waals surface area (Å²) in [5.41, 5.74) is 1.34. The molecule has 0 amide bonds. The van der Waals surface area contributed by atoms with Gasteiger partial charge in [-0.2, -0.15) is 0 Å². The van der Waals surface area contributed by atoms with Crippen molar-refractivity contribution in [1.29, 1.82) is 0 Å². The van der Waals surface area contributed by atoms with Crippen LogP contribution in [0.1, 0.15) is 25.8 Å². The molecule has 1 aromatic rings. The maximum Gasteiger partial charge on any atom is 0.163 e. The first-order valence-electron chi connectivity index (χ1n) is 5.42. The maximum atomic E-state index is 5.74. The van der Waals surface area contributed by atoms with Crippen LogP contribution in [0.4, 0.5) is 0 Å². The van der Waals surface area contributed by atoms with Crippen LogP contribution in [0.2, 0.25) is 0 Å². The Balaban J connectivity index is 1.80. The van der Waals surface area contributed by atoms with E-state index in [0.29, 0.717) is 6.61 Å². The van der Waals surface area contributed by atoms with Crippen molar-refractivity contribution in [2.24, 2.45) is 0 Å². The Hall–Kier alpha value is -0.860. The second-order valence-corrected chi connectivity index (χ2v) is 4.40. The van der Waals surface area contributed by atoms with E-state index in [1.165, 1.54) is 5.56 Å². The first-order chi connectivity index (χ1) is 7.16. The summed E-state index contributed by atoms with van der Waals surface area (Å²) >= 11 is 0. The topological polar surface area (TPSA) is 18.5 Å². The summed E-state index contributed by atoms with van der Waals surface area (Å²) in [6.07, 6.45) is 2.30. The normalized spacial score (nSPS) is 24.3. The highest BCUT2D eigenvalue weighted by Crippen LogP contribution is 2.24. The summed E-state index contributed by atoms with van der Waals surface area (Å²) in [5.74, 6) is -0.394. The van der Waals surface area contributed by atoms with Gasteiger partial charge in [-0.05, 0) is 38.3 Å². The molecule has 1 saturated heterocycles. The van der Waals surface area contributed by atoms with Crippen LogP contribution in [0, 0.1) is 6.07 Å². The molecule has 0 N–H and O–H groups in total. The van der Waals surface area contributed by atoms with Gasteiger partial charge in [-0.1, -0.05) is 24.3 Å². The minimum absolute atomic E-state index is 0.240. The van der Waals surface area contributed by atoms with Crippen LogP contribution in [0.15, 0.2) is 24.3 Å². The van der Waals surface area contributed by atoms with Crippen molar-refractivity contribution in [3.63, 3.8) is 0 Å². The monoisotopic (exact) mass is 205 g/mol. The highest BCUT2D eigenvalue weighted by molar-refractivity contribution is 5.13. The molecule has 81 valence electrons. The van der Waals surface area contributed by atoms with E-state index in [9.17, 15) is 0 Å². The number of rotatable bonds is 3. The summed E-state index contributed by atoms with van der Waals surface area (Å²) in [5, 5.41) is 0. The second kappa shape index (κ2) is 4.33. The fourth-order valence-electron chi connectivity index (χ4n) is 1.82. The van der Waals surface area contributed by atoms with E-state index in [2.05, 4.69) is 18.2 Å². The Morgan fingerprint density at radius 3 is 2.73 bits per heavy atom. The zero-order valence-corrected chi connectivity index (χ0v) is 9.32. The molecule has 1 fully saturated rings. The van der Waals surface area contributed by atoms with Crippen LogP contribution in [0.5, 0.6) is 0 Å². The van der Waals surface area contributed by atoms with Gasteiger partial charge in [0.05, 0.1) is 12.7 Å². The molecule has 0 spiro atoms. The molecule has 1 radical (unpaired) electrons. The minimum atomic E-state index is -0.394. The van der Waals surface area contributed by atoms with Gasteiger partial charge >= 0.3 is 0 Å². The second-order valence-electron chi connectivity index (χ2n) is 4.40. The largest absolute Gasteiger partial charge is 0.348 e. The molecule has 0 aromatic heterocycles. The van der Waals surface area contributed by atoms with Gasteiger partial charge in [0.2, 0.25) is 0 Å². The minimum Gasteiger partial charge on any atom is -0.348 e. The fourth-order valence-corrected chi connectivity index (χ4v) is 1.82. The SMILES string of the molecule is CC1(C)OCC(CCc2cc[c]cc2)O1. The molecule has 1 unspecified atom stereocenters. The third-order valence-electron chi connectivity index (χ3n) is 2.61. The average molecular weight is 205 g/mol. The van der Waals surface area contributed by atoms with Crippen molar-refractivity contribution < 1.29 is 9.47 Å². The summed E-state index contributed by atoms with van der Waals surface area (Å²) in [7, 11) is 0. The van der Waals surface area contributed by atoms with Crippen molar-refractivity contribution in [1.82, 2.24) is 0 Å². The summed E-state index contributed by atoms with van der Waals surface area (Å²) in [6, 6.07) is 11.1. The molecule has 1 atom stereocenters. The molecule has 1 aliphatic rings. The maximum absolute atomic E-state index is 5.74. The summed E-state index contributed by atoms with van der Waals surface area (Å²) < 4.78 is 11.3. The van der Waals surface area contributed by atoms with Crippen molar-refractivity contribution in [2.75, 3.05) is 6.61 Å². The van der Waals surface area contributed by atoms with Crippen molar-refractivity contribution in [2.45, 2.75) is 38.6 Å². The quantitative estimate of drug-likeness (QED) is 0.755. The Bertz CT molecular complexity index is 306. The molecule has 0 bridgehead atoms. The van der Waals surface area contributed by atoms with Crippen molar-refractivity contribution >= 4 is 0 Å². The highest BCUT2D eigenvalue weighted by atomic mass is 16.7. The fraction of sp³-hybridized carbons (Fsp3) is 0.538. The summed E-state index contributed by atoms with van der Waals surface area (Å²) in [4.78, 5) is 0. The Labute approximate surface area is 91.2 Å². The van der Waals surface area contributed by atoms with Gasteiger partial charge in [-0.3, -0.25) is 0 Å². The molecule has 2 nitrogen and oxygen atoms in total. The lowest BCUT2D eigenvalue weighted by atomic mass is 10.1. The molecule has 1 aliphatic heterocycles. The Morgan fingerprint density at radius 1 is 1.40 bits per heavy atom. The van der Waals surface area contributed by atoms with Crippen molar-refractivity contribution in [3.05, 3.63) is 35.9 Å². The van der Waals surface area contributed by atoms with Gasteiger partial charge in [0.1, 0.15) is 0 Å². The van der Waals surface area contributed by atoms with E-state index in [-0.39, 0.29) is 6.10 Å². The van der Waals surface area contributed by atoms with E-state index in [4.69, 9.17) is 9.47 Å². The van der Waals surface area contributed by atoms with E-state index < -0.39 is 5.79 Å². The number of benzene rings is 1. The lowest BCUT2D eigenvalue weighted by Gasteiger charge is -2.16. The number of hydrogen-bond acceptors (Lipinski definition) is 2. The van der Waals surface area contributed by atoms with Gasteiger partial charge in [0, 0.05) is 0 Å². The molecule has 1 heterocycles. The molecular weight excluding hydrogens is 188 g/mol. The zero-order chi connectivity index (χ0) is 10.7. The lowest BCUT2D eigenvalue weighted by molar-refractivity contribution is -0.138. The standard InChI is InChI=1S/C13H17O2/c1-13(2)14-10-12(15-13)9-8-11-6-4-3-5-7-11/h4-7,12H,8-10H2,1-2H3. The van der Waals surface area contributed by atoms with Gasteiger partial charge < -0.3 is 9.47 Å².